The highest BCUT2D eigenvalue weighted by Crippen LogP contribution is 2.12. The normalized spacial score (nSPS) is 11.9. The summed E-state index contributed by atoms with van der Waals surface area (Å²) < 4.78 is 10.4. The van der Waals surface area contributed by atoms with Crippen molar-refractivity contribution in [1.82, 2.24) is 5.32 Å². The number of amides is 1. The fourth-order valence-corrected chi connectivity index (χ4v) is 1.72. The molecule has 1 aromatic carbocycles. The Kier molecular flexibility index (Phi) is 7.30. The topological polar surface area (TPSA) is 47.6 Å². The molecular formula is C14H20ClNO3. The van der Waals surface area contributed by atoms with Crippen molar-refractivity contribution in [3.05, 3.63) is 29.8 Å². The minimum atomic E-state index is -0.202. The van der Waals surface area contributed by atoms with Crippen LogP contribution in [0.25, 0.3) is 0 Å². The van der Waals surface area contributed by atoms with Gasteiger partial charge in [0.05, 0.1) is 25.0 Å². The quantitative estimate of drug-likeness (QED) is 0.745. The lowest BCUT2D eigenvalue weighted by Gasteiger charge is -2.10. The number of halogens is 1. The molecule has 0 aliphatic heterocycles. The van der Waals surface area contributed by atoms with Crippen LogP contribution in [0.4, 0.5) is 0 Å². The zero-order valence-electron chi connectivity index (χ0n) is 11.3. The van der Waals surface area contributed by atoms with Gasteiger partial charge < -0.3 is 14.8 Å². The number of carbonyl (C=O) groups excluding carboxylic acids is 1. The van der Waals surface area contributed by atoms with Gasteiger partial charge in [0.2, 0.25) is 5.91 Å². The van der Waals surface area contributed by atoms with Crippen LogP contribution < -0.4 is 10.1 Å². The molecule has 19 heavy (non-hydrogen) atoms. The van der Waals surface area contributed by atoms with E-state index < -0.39 is 0 Å². The van der Waals surface area contributed by atoms with Crippen molar-refractivity contribution in [3.63, 3.8) is 0 Å². The van der Waals surface area contributed by atoms with Crippen molar-refractivity contribution in [3.8, 4) is 5.75 Å². The van der Waals surface area contributed by atoms with Gasteiger partial charge >= 0.3 is 0 Å². The first kappa shape index (κ1) is 15.8. The molecule has 0 bridgehead atoms. The van der Waals surface area contributed by atoms with E-state index in [2.05, 4.69) is 5.32 Å². The van der Waals surface area contributed by atoms with Gasteiger partial charge in [-0.2, -0.15) is 0 Å². The maximum absolute atomic E-state index is 11.5. The summed E-state index contributed by atoms with van der Waals surface area (Å²) in [6.45, 7) is 3.17. The molecule has 1 atom stereocenters. The van der Waals surface area contributed by atoms with Gasteiger partial charge in [0.1, 0.15) is 5.75 Å². The Bertz CT molecular complexity index is 398. The molecule has 0 fully saturated rings. The average Bonchev–Trinajstić information content (AvgIpc) is 2.37. The molecule has 1 N–H and O–H groups in total. The predicted molar refractivity (Wildman–Crippen MR) is 75.8 cm³/mol. The zero-order valence-corrected chi connectivity index (χ0v) is 12.1. The molecule has 5 heteroatoms. The van der Waals surface area contributed by atoms with Gasteiger partial charge in [0.25, 0.3) is 0 Å². The van der Waals surface area contributed by atoms with Crippen LogP contribution in [-0.4, -0.2) is 38.2 Å². The summed E-state index contributed by atoms with van der Waals surface area (Å²) in [7, 11) is 1.58. The van der Waals surface area contributed by atoms with Crippen LogP contribution in [0.2, 0.25) is 0 Å². The minimum Gasteiger partial charge on any atom is -0.493 e. The highest BCUT2D eigenvalue weighted by atomic mass is 35.5. The zero-order chi connectivity index (χ0) is 14.1. The molecule has 106 valence electrons. The third-order valence-electron chi connectivity index (χ3n) is 2.46. The molecule has 1 unspecified atom stereocenters. The maximum atomic E-state index is 11.5. The van der Waals surface area contributed by atoms with Crippen molar-refractivity contribution in [2.45, 2.75) is 18.7 Å². The number of nitrogens with one attached hydrogen (secondary N) is 1. The summed E-state index contributed by atoms with van der Waals surface area (Å²) in [4.78, 5) is 11.5. The second-order valence-electron chi connectivity index (χ2n) is 4.27. The molecular weight excluding hydrogens is 266 g/mol. The van der Waals surface area contributed by atoms with E-state index in [1.165, 1.54) is 0 Å². The molecule has 0 heterocycles. The molecule has 1 aromatic rings. The third kappa shape index (κ3) is 7.03. The highest BCUT2D eigenvalue weighted by molar-refractivity contribution is 6.21. The molecule has 0 spiro atoms. The summed E-state index contributed by atoms with van der Waals surface area (Å²) >= 11 is 5.90. The first-order chi connectivity index (χ1) is 9.11. The average molecular weight is 286 g/mol. The molecule has 0 aliphatic carbocycles. The molecule has 1 rings (SSSR count). The summed E-state index contributed by atoms with van der Waals surface area (Å²) in [5.41, 5.74) is 1.13. The van der Waals surface area contributed by atoms with Crippen molar-refractivity contribution in [2.24, 2.45) is 0 Å². The molecule has 0 saturated carbocycles. The van der Waals surface area contributed by atoms with Gasteiger partial charge in [-0.05, 0) is 24.6 Å². The second kappa shape index (κ2) is 8.77. The van der Waals surface area contributed by atoms with E-state index in [9.17, 15) is 4.79 Å². The third-order valence-corrected chi connectivity index (χ3v) is 2.74. The Morgan fingerprint density at radius 3 is 2.95 bits per heavy atom. The Labute approximate surface area is 119 Å². The molecule has 4 nitrogen and oxygen atoms in total. The van der Waals surface area contributed by atoms with Crippen LogP contribution in [0.3, 0.4) is 0 Å². The van der Waals surface area contributed by atoms with E-state index in [4.69, 9.17) is 21.1 Å². The van der Waals surface area contributed by atoms with Crippen LogP contribution >= 0.6 is 11.6 Å². The SMILES string of the molecule is COCC(Cl)CNC(=O)CCOc1cccc(C)c1. The molecule has 0 aliphatic rings. The number of alkyl halides is 1. The van der Waals surface area contributed by atoms with Crippen molar-refractivity contribution < 1.29 is 14.3 Å². The summed E-state index contributed by atoms with van der Waals surface area (Å²) in [5.74, 6) is 0.705. The lowest BCUT2D eigenvalue weighted by molar-refractivity contribution is -0.121. The van der Waals surface area contributed by atoms with Gasteiger partial charge in [0.15, 0.2) is 0 Å². The van der Waals surface area contributed by atoms with Crippen LogP contribution in [0.1, 0.15) is 12.0 Å². The Morgan fingerprint density at radius 1 is 1.47 bits per heavy atom. The molecule has 1 amide bonds. The van der Waals surface area contributed by atoms with Gasteiger partial charge in [0, 0.05) is 13.7 Å². The van der Waals surface area contributed by atoms with E-state index in [1.54, 1.807) is 7.11 Å². The number of aryl methyl sites for hydroxylation is 1. The van der Waals surface area contributed by atoms with E-state index in [0.29, 0.717) is 26.2 Å². The van der Waals surface area contributed by atoms with Crippen molar-refractivity contribution in [1.29, 1.82) is 0 Å². The van der Waals surface area contributed by atoms with E-state index in [-0.39, 0.29) is 11.3 Å². The van der Waals surface area contributed by atoms with Crippen molar-refractivity contribution >= 4 is 17.5 Å². The van der Waals surface area contributed by atoms with Gasteiger partial charge in [-0.3, -0.25) is 4.79 Å². The van der Waals surface area contributed by atoms with Crippen LogP contribution in [-0.2, 0) is 9.53 Å². The maximum Gasteiger partial charge on any atom is 0.223 e. The Balaban J connectivity index is 2.17. The van der Waals surface area contributed by atoms with Crippen LogP contribution in [0.15, 0.2) is 24.3 Å². The van der Waals surface area contributed by atoms with Gasteiger partial charge in [-0.25, -0.2) is 0 Å². The number of ether oxygens (including phenoxy) is 2. The second-order valence-corrected chi connectivity index (χ2v) is 4.89. The number of rotatable bonds is 8. The lowest BCUT2D eigenvalue weighted by atomic mass is 10.2. The lowest BCUT2D eigenvalue weighted by Crippen LogP contribution is -2.32. The predicted octanol–water partition coefficient (Wildman–Crippen LogP) is 2.13. The minimum absolute atomic E-state index is 0.0746. The molecule has 0 aromatic heterocycles. The number of hydrogen-bond acceptors (Lipinski definition) is 3. The van der Waals surface area contributed by atoms with Gasteiger partial charge in [-0.15, -0.1) is 11.6 Å². The van der Waals surface area contributed by atoms with E-state index in [1.807, 2.05) is 31.2 Å². The first-order valence-corrected chi connectivity index (χ1v) is 6.64. The largest absolute Gasteiger partial charge is 0.493 e. The Hall–Kier alpha value is -1.26. The van der Waals surface area contributed by atoms with Crippen LogP contribution in [0.5, 0.6) is 5.75 Å². The van der Waals surface area contributed by atoms with Gasteiger partial charge in [-0.1, -0.05) is 12.1 Å². The highest BCUT2D eigenvalue weighted by Gasteiger charge is 2.07. The standard InChI is InChI=1S/C14H20ClNO3/c1-11-4-3-5-13(8-11)19-7-6-14(17)16-9-12(15)10-18-2/h3-5,8,12H,6-7,9-10H2,1-2H3,(H,16,17). The summed E-state index contributed by atoms with van der Waals surface area (Å²) in [5, 5.41) is 2.53. The monoisotopic (exact) mass is 285 g/mol. The summed E-state index contributed by atoms with van der Waals surface area (Å²) in [6.07, 6.45) is 0.310. The van der Waals surface area contributed by atoms with E-state index in [0.717, 1.165) is 11.3 Å². The summed E-state index contributed by atoms with van der Waals surface area (Å²) in [6, 6.07) is 7.73. The number of benzene rings is 1. The number of hydrogen-bond donors (Lipinski definition) is 1. The molecule has 0 radical (unpaired) electrons. The van der Waals surface area contributed by atoms with Crippen molar-refractivity contribution in [2.75, 3.05) is 26.9 Å². The number of methoxy groups -OCH3 is 1. The smallest absolute Gasteiger partial charge is 0.223 e. The van der Waals surface area contributed by atoms with E-state index >= 15 is 0 Å². The fourth-order valence-electron chi connectivity index (χ4n) is 1.52. The van der Waals surface area contributed by atoms with Crippen LogP contribution in [0, 0.1) is 6.92 Å². The Morgan fingerprint density at radius 2 is 2.26 bits per heavy atom. The number of carbonyl (C=O) groups is 1. The molecule has 0 saturated heterocycles. The first-order valence-electron chi connectivity index (χ1n) is 6.21. The fraction of sp³-hybridized carbons (Fsp3) is 0.500.